The van der Waals surface area contributed by atoms with E-state index in [2.05, 4.69) is 15.0 Å². The van der Waals surface area contributed by atoms with E-state index < -0.39 is 15.9 Å². The molecule has 0 radical (unpaired) electrons. The Morgan fingerprint density at radius 1 is 0.873 bits per heavy atom. The second-order valence-corrected chi connectivity index (χ2v) is 19.6. The normalized spacial score (nSPS) is 16.0. The highest BCUT2D eigenvalue weighted by Gasteiger charge is 2.35. The lowest BCUT2D eigenvalue weighted by Gasteiger charge is -2.37. The van der Waals surface area contributed by atoms with E-state index in [4.69, 9.17) is 14.8 Å². The minimum atomic E-state index is -4.12. The van der Waals surface area contributed by atoms with Gasteiger partial charge in [-0.3, -0.25) is 24.4 Å². The van der Waals surface area contributed by atoms with Crippen LogP contribution in [-0.4, -0.2) is 82.8 Å². The molecular weight excluding hydrogens is 837 g/mol. The van der Waals surface area contributed by atoms with E-state index in [1.54, 1.807) is 12.3 Å². The van der Waals surface area contributed by atoms with Gasteiger partial charge in [0, 0.05) is 61.7 Å². The van der Waals surface area contributed by atoms with E-state index in [-0.39, 0.29) is 42.4 Å². The standard InChI is InChI=1S/C47H50N8O6S2/c1-31-38(25-48-55(31)26-32-11-4-2-5-12-32)36-19-20-42(54-22-21-34-15-10-16-37(39(34)29-54)44(56)51-47-49-40-17-8-9-18-41(40)62-47)50-43(36)45(57)52-63(59,60)24-23-53-27-35(28-53)46(58)61-30-33-13-6-3-7-14-33/h3,6-10,13-20,25,32,35H,2,4-5,11-12,21-24,26-30H2,1H3,(H,52,57)(H,49,51,56). The summed E-state index contributed by atoms with van der Waals surface area (Å²) in [5.41, 5.74) is 6.15. The smallest absolute Gasteiger partial charge is 0.311 e. The summed E-state index contributed by atoms with van der Waals surface area (Å²) in [6, 6.07) is 26.5. The molecule has 3 aromatic carbocycles. The van der Waals surface area contributed by atoms with E-state index >= 15 is 0 Å². The number of nitrogens with one attached hydrogen (secondary N) is 2. The molecule has 63 heavy (non-hydrogen) atoms. The van der Waals surface area contributed by atoms with Crippen LogP contribution in [0.2, 0.25) is 0 Å². The lowest BCUT2D eigenvalue weighted by molar-refractivity contribution is -0.155. The maximum absolute atomic E-state index is 14.2. The van der Waals surface area contributed by atoms with Crippen LogP contribution >= 0.6 is 11.3 Å². The van der Waals surface area contributed by atoms with E-state index in [1.807, 2.05) is 100 Å². The van der Waals surface area contributed by atoms with Crippen LogP contribution in [0.4, 0.5) is 10.9 Å². The number of carbonyl (C=O) groups is 3. The lowest BCUT2D eigenvalue weighted by atomic mass is 9.89. The SMILES string of the molecule is Cc1c(-c2ccc(N3CCc4cccc(C(=O)Nc5nc6ccccc6s5)c4C3)nc2C(=O)NS(=O)(=O)CCN2CC(C(=O)OCc3ccccc3)C2)cnn1CC1CCCCC1. The van der Waals surface area contributed by atoms with E-state index in [9.17, 15) is 22.8 Å². The maximum atomic E-state index is 14.2. The molecule has 1 saturated carbocycles. The molecule has 2 N–H and O–H groups in total. The van der Waals surface area contributed by atoms with Crippen molar-refractivity contribution in [3.8, 4) is 11.1 Å². The van der Waals surface area contributed by atoms with Gasteiger partial charge in [0.2, 0.25) is 10.0 Å². The third-order valence-electron chi connectivity index (χ3n) is 12.4. The van der Waals surface area contributed by atoms with Gasteiger partial charge in [-0.25, -0.2) is 23.1 Å². The molecule has 0 atom stereocenters. The Labute approximate surface area is 370 Å². The molecular formula is C47H50N8O6S2. The van der Waals surface area contributed by atoms with Crippen molar-refractivity contribution in [1.82, 2.24) is 29.4 Å². The number of benzene rings is 3. The van der Waals surface area contributed by atoms with Gasteiger partial charge in [0.05, 0.1) is 28.1 Å². The van der Waals surface area contributed by atoms with Gasteiger partial charge in [-0.15, -0.1) is 0 Å². The van der Waals surface area contributed by atoms with Gasteiger partial charge >= 0.3 is 5.97 Å². The number of amides is 2. The molecule has 2 amide bonds. The predicted molar refractivity (Wildman–Crippen MR) is 243 cm³/mol. The highest BCUT2D eigenvalue weighted by Crippen LogP contribution is 2.33. The Balaban J connectivity index is 0.920. The third kappa shape index (κ3) is 9.67. The van der Waals surface area contributed by atoms with Crippen molar-refractivity contribution < 1.29 is 27.5 Å². The number of anilines is 2. The zero-order chi connectivity index (χ0) is 43.5. The maximum Gasteiger partial charge on any atom is 0.311 e. The fourth-order valence-electron chi connectivity index (χ4n) is 8.84. The molecule has 0 bridgehead atoms. The van der Waals surface area contributed by atoms with E-state index in [1.165, 1.54) is 30.6 Å². The average Bonchev–Trinajstić information content (AvgIpc) is 3.86. The highest BCUT2D eigenvalue weighted by molar-refractivity contribution is 7.90. The largest absolute Gasteiger partial charge is 0.461 e. The first-order chi connectivity index (χ1) is 30.6. The quantitative estimate of drug-likeness (QED) is 0.108. The number of rotatable bonds is 14. The number of likely N-dealkylation sites (tertiary alicyclic amines) is 1. The number of fused-ring (bicyclic) bond motifs is 2. The highest BCUT2D eigenvalue weighted by atomic mass is 32.2. The summed E-state index contributed by atoms with van der Waals surface area (Å²) < 4.78 is 37.8. The van der Waals surface area contributed by atoms with Crippen LogP contribution in [0.5, 0.6) is 0 Å². The van der Waals surface area contributed by atoms with Crippen molar-refractivity contribution in [3.63, 3.8) is 0 Å². The summed E-state index contributed by atoms with van der Waals surface area (Å²) in [5, 5.41) is 8.23. The number of ether oxygens (including phenoxy) is 1. The number of para-hydroxylation sites is 1. The number of aromatic nitrogens is 4. The fraction of sp³-hybridized carbons (Fsp3) is 0.362. The Morgan fingerprint density at radius 3 is 2.48 bits per heavy atom. The molecule has 6 aromatic rings. The fourth-order valence-corrected chi connectivity index (χ4v) is 10.7. The molecule has 5 heterocycles. The zero-order valence-electron chi connectivity index (χ0n) is 35.2. The lowest BCUT2D eigenvalue weighted by Crippen LogP contribution is -2.52. The van der Waals surface area contributed by atoms with Crippen LogP contribution in [0.3, 0.4) is 0 Å². The molecule has 2 fully saturated rings. The van der Waals surface area contributed by atoms with Crippen LogP contribution in [0.15, 0.2) is 91.1 Å². The van der Waals surface area contributed by atoms with Gasteiger partial charge in [0.25, 0.3) is 11.8 Å². The minimum Gasteiger partial charge on any atom is -0.461 e. The molecule has 1 saturated heterocycles. The number of hydrogen-bond donors (Lipinski definition) is 2. The Bertz CT molecular complexity index is 2730. The number of esters is 1. The van der Waals surface area contributed by atoms with Crippen LogP contribution in [0.25, 0.3) is 21.3 Å². The second kappa shape index (κ2) is 18.4. The minimum absolute atomic E-state index is 0.0331. The molecule has 326 valence electrons. The Hall–Kier alpha value is -5.97. The predicted octanol–water partition coefficient (Wildman–Crippen LogP) is 6.99. The summed E-state index contributed by atoms with van der Waals surface area (Å²) in [4.78, 5) is 53.9. The van der Waals surface area contributed by atoms with Gasteiger partial charge in [0.1, 0.15) is 18.1 Å². The molecule has 14 nitrogen and oxygen atoms in total. The number of hydrogen-bond acceptors (Lipinski definition) is 12. The molecule has 0 unspecified atom stereocenters. The van der Waals surface area contributed by atoms with Gasteiger partial charge < -0.3 is 14.5 Å². The Morgan fingerprint density at radius 2 is 1.67 bits per heavy atom. The van der Waals surface area contributed by atoms with Crippen molar-refractivity contribution in [2.75, 3.05) is 42.1 Å². The first-order valence-electron chi connectivity index (χ1n) is 21.6. The van der Waals surface area contributed by atoms with Gasteiger partial charge in [0.15, 0.2) is 5.13 Å². The third-order valence-corrected chi connectivity index (χ3v) is 14.6. The molecule has 1 aliphatic carbocycles. The molecule has 2 aliphatic heterocycles. The van der Waals surface area contributed by atoms with Crippen LogP contribution in [0, 0.1) is 18.8 Å². The van der Waals surface area contributed by atoms with E-state index in [0.717, 1.165) is 52.0 Å². The number of thiazole rings is 1. The number of nitrogens with zero attached hydrogens (tertiary/aromatic N) is 6. The summed E-state index contributed by atoms with van der Waals surface area (Å²) in [7, 11) is -4.12. The van der Waals surface area contributed by atoms with Crippen molar-refractivity contribution in [3.05, 3.63) is 125 Å². The second-order valence-electron chi connectivity index (χ2n) is 16.8. The Kier molecular flexibility index (Phi) is 12.4. The number of pyridine rings is 1. The molecule has 9 rings (SSSR count). The number of carbonyl (C=O) groups excluding carboxylic acids is 3. The molecule has 16 heteroatoms. The van der Waals surface area contributed by atoms with Crippen molar-refractivity contribution in [1.29, 1.82) is 0 Å². The van der Waals surface area contributed by atoms with E-state index in [0.29, 0.717) is 66.2 Å². The van der Waals surface area contributed by atoms with Crippen molar-refractivity contribution >= 4 is 60.3 Å². The van der Waals surface area contributed by atoms with Crippen LogP contribution in [-0.2, 0) is 45.7 Å². The average molecular weight is 887 g/mol. The van der Waals surface area contributed by atoms with Crippen molar-refractivity contribution in [2.45, 2.75) is 65.1 Å². The summed E-state index contributed by atoms with van der Waals surface area (Å²) in [5.74, 6) is -1.11. The number of sulfonamides is 1. The van der Waals surface area contributed by atoms with Crippen LogP contribution in [0.1, 0.15) is 75.3 Å². The molecule has 0 spiro atoms. The first-order valence-corrected chi connectivity index (χ1v) is 24.1. The van der Waals surface area contributed by atoms with Gasteiger partial charge in [-0.05, 0) is 79.1 Å². The molecule has 3 aromatic heterocycles. The monoisotopic (exact) mass is 886 g/mol. The summed E-state index contributed by atoms with van der Waals surface area (Å²) in [6.45, 7) is 4.73. The zero-order valence-corrected chi connectivity index (χ0v) is 36.8. The molecule has 3 aliphatic rings. The van der Waals surface area contributed by atoms with Gasteiger partial charge in [-0.1, -0.05) is 85.2 Å². The first kappa shape index (κ1) is 42.3. The van der Waals surface area contributed by atoms with Crippen LogP contribution < -0.4 is 14.9 Å². The summed E-state index contributed by atoms with van der Waals surface area (Å²) >= 11 is 1.41. The summed E-state index contributed by atoms with van der Waals surface area (Å²) in [6.07, 6.45) is 8.33. The van der Waals surface area contributed by atoms with Crippen molar-refractivity contribution in [2.24, 2.45) is 11.8 Å². The topological polar surface area (TPSA) is 169 Å². The van der Waals surface area contributed by atoms with Gasteiger partial charge in [-0.2, -0.15) is 5.10 Å².